The van der Waals surface area contributed by atoms with Crippen LogP contribution in [0.5, 0.6) is 0 Å². The summed E-state index contributed by atoms with van der Waals surface area (Å²) >= 11 is 6.86. The second-order valence-electron chi connectivity index (χ2n) is 5.32. The van der Waals surface area contributed by atoms with E-state index >= 15 is 0 Å². The quantitative estimate of drug-likeness (QED) is 0.749. The van der Waals surface area contributed by atoms with Crippen LogP contribution in [-0.2, 0) is 0 Å². The predicted molar refractivity (Wildman–Crippen MR) is 91.2 cm³/mol. The second kappa shape index (κ2) is 6.32. The summed E-state index contributed by atoms with van der Waals surface area (Å²) in [5.74, 6) is 0.520. The molecule has 1 N–H and O–H groups in total. The number of carbonyl (C=O) groups is 1. The lowest BCUT2D eigenvalue weighted by molar-refractivity contribution is 0.0931. The van der Waals surface area contributed by atoms with Crippen molar-refractivity contribution in [1.29, 1.82) is 0 Å². The van der Waals surface area contributed by atoms with Crippen LogP contribution in [0.3, 0.4) is 0 Å². The Balaban J connectivity index is 1.83. The van der Waals surface area contributed by atoms with Gasteiger partial charge in [-0.15, -0.1) is 0 Å². The number of rotatable bonds is 4. The molecule has 108 valence electrons. The average Bonchev–Trinajstić information content (AvgIpc) is 3.32. The Bertz CT molecular complexity index is 653. The van der Waals surface area contributed by atoms with Gasteiger partial charge in [0.15, 0.2) is 0 Å². The van der Waals surface area contributed by atoms with Crippen LogP contribution in [-0.4, -0.2) is 5.91 Å². The van der Waals surface area contributed by atoms with E-state index in [4.69, 9.17) is 0 Å². The monoisotopic (exact) mass is 407 g/mol. The lowest BCUT2D eigenvalue weighted by Crippen LogP contribution is -2.30. The third-order valence-corrected chi connectivity index (χ3v) is 4.90. The normalized spacial score (nSPS) is 15.5. The lowest BCUT2D eigenvalue weighted by atomic mass is 10.0. The van der Waals surface area contributed by atoms with Crippen molar-refractivity contribution in [1.82, 2.24) is 5.32 Å². The molecule has 21 heavy (non-hydrogen) atoms. The van der Waals surface area contributed by atoms with Crippen molar-refractivity contribution in [3.63, 3.8) is 0 Å². The van der Waals surface area contributed by atoms with Crippen molar-refractivity contribution < 1.29 is 4.79 Å². The molecule has 0 saturated heterocycles. The topological polar surface area (TPSA) is 29.1 Å². The van der Waals surface area contributed by atoms with Gasteiger partial charge in [0.25, 0.3) is 5.91 Å². The van der Waals surface area contributed by atoms with E-state index in [1.54, 1.807) is 0 Å². The molecule has 4 heteroatoms. The molecule has 0 spiro atoms. The number of nitrogens with one attached hydrogen (secondary N) is 1. The molecule has 0 aromatic heterocycles. The molecule has 1 amide bonds. The minimum Gasteiger partial charge on any atom is -0.345 e. The van der Waals surface area contributed by atoms with E-state index in [-0.39, 0.29) is 11.9 Å². The first-order valence-electron chi connectivity index (χ1n) is 6.96. The average molecular weight is 409 g/mol. The molecule has 0 heterocycles. The molecule has 2 nitrogen and oxygen atoms in total. The largest absolute Gasteiger partial charge is 0.345 e. The van der Waals surface area contributed by atoms with Gasteiger partial charge in [-0.2, -0.15) is 0 Å². The fraction of sp³-hybridized carbons (Fsp3) is 0.235. The van der Waals surface area contributed by atoms with E-state index < -0.39 is 0 Å². The maximum atomic E-state index is 12.6. The summed E-state index contributed by atoms with van der Waals surface area (Å²) in [4.78, 5) is 12.6. The summed E-state index contributed by atoms with van der Waals surface area (Å²) < 4.78 is 1.71. The summed E-state index contributed by atoms with van der Waals surface area (Å²) in [6.07, 6.45) is 2.36. The molecular weight excluding hydrogens is 394 g/mol. The highest BCUT2D eigenvalue weighted by atomic mass is 79.9. The lowest BCUT2D eigenvalue weighted by Gasteiger charge is -2.19. The van der Waals surface area contributed by atoms with Gasteiger partial charge in [-0.05, 0) is 58.5 Å². The molecule has 1 saturated carbocycles. The van der Waals surface area contributed by atoms with Crippen LogP contribution in [0.15, 0.2) is 57.5 Å². The van der Waals surface area contributed by atoms with Crippen molar-refractivity contribution in [2.75, 3.05) is 0 Å². The zero-order chi connectivity index (χ0) is 14.8. The Labute approximate surface area is 141 Å². The number of halogens is 2. The van der Waals surface area contributed by atoms with Gasteiger partial charge in [0.05, 0.1) is 11.6 Å². The molecule has 1 fully saturated rings. The first-order valence-corrected chi connectivity index (χ1v) is 8.54. The Morgan fingerprint density at radius 3 is 2.48 bits per heavy atom. The minimum absolute atomic E-state index is 0.0380. The molecule has 1 aliphatic rings. The molecule has 2 aromatic rings. The van der Waals surface area contributed by atoms with Crippen molar-refractivity contribution >= 4 is 37.8 Å². The fourth-order valence-corrected chi connectivity index (χ4v) is 3.24. The summed E-state index contributed by atoms with van der Waals surface area (Å²) in [6.45, 7) is 0. The van der Waals surface area contributed by atoms with Gasteiger partial charge in [0.2, 0.25) is 0 Å². The molecule has 1 aliphatic carbocycles. The molecule has 1 unspecified atom stereocenters. The van der Waals surface area contributed by atoms with Gasteiger partial charge in [0.1, 0.15) is 0 Å². The van der Waals surface area contributed by atoms with Gasteiger partial charge in [-0.3, -0.25) is 4.79 Å². The van der Waals surface area contributed by atoms with Crippen LogP contribution in [0, 0.1) is 5.92 Å². The number of hydrogen-bond acceptors (Lipinski definition) is 1. The van der Waals surface area contributed by atoms with E-state index in [1.165, 1.54) is 18.4 Å². The van der Waals surface area contributed by atoms with Crippen LogP contribution < -0.4 is 5.32 Å². The van der Waals surface area contributed by atoms with Gasteiger partial charge in [-0.25, -0.2) is 0 Å². The summed E-state index contributed by atoms with van der Waals surface area (Å²) in [6, 6.07) is 15.9. The fourth-order valence-electron chi connectivity index (χ4n) is 2.45. The maximum Gasteiger partial charge on any atom is 0.252 e. The van der Waals surface area contributed by atoms with Gasteiger partial charge in [-0.1, -0.05) is 46.3 Å². The Morgan fingerprint density at radius 1 is 1.10 bits per heavy atom. The Morgan fingerprint density at radius 2 is 1.81 bits per heavy atom. The van der Waals surface area contributed by atoms with Crippen molar-refractivity contribution in [3.8, 4) is 0 Å². The maximum absolute atomic E-state index is 12.6. The minimum atomic E-state index is -0.0380. The van der Waals surface area contributed by atoms with Crippen molar-refractivity contribution in [2.24, 2.45) is 5.92 Å². The molecule has 0 bridgehead atoms. The van der Waals surface area contributed by atoms with Gasteiger partial charge >= 0.3 is 0 Å². The second-order valence-corrected chi connectivity index (χ2v) is 7.09. The zero-order valence-corrected chi connectivity index (χ0v) is 14.5. The SMILES string of the molecule is O=C(NC(c1ccccc1)C1CC1)c1cc(Br)ccc1Br. The third-order valence-electron chi connectivity index (χ3n) is 3.71. The van der Waals surface area contributed by atoms with Gasteiger partial charge < -0.3 is 5.32 Å². The highest BCUT2D eigenvalue weighted by Gasteiger charge is 2.33. The van der Waals surface area contributed by atoms with Crippen LogP contribution in [0.4, 0.5) is 0 Å². The highest BCUT2D eigenvalue weighted by Crippen LogP contribution is 2.41. The standard InChI is InChI=1S/C17H15Br2NO/c18-13-8-9-15(19)14(10-13)17(21)20-16(12-6-7-12)11-4-2-1-3-5-11/h1-5,8-10,12,16H,6-7H2,(H,20,21). The van der Waals surface area contributed by atoms with Gasteiger partial charge in [0, 0.05) is 8.95 Å². The number of amides is 1. The van der Waals surface area contributed by atoms with E-state index in [0.717, 1.165) is 8.95 Å². The smallest absolute Gasteiger partial charge is 0.252 e. The summed E-state index contributed by atoms with van der Waals surface area (Å²) in [5.41, 5.74) is 1.84. The number of hydrogen-bond donors (Lipinski definition) is 1. The number of carbonyl (C=O) groups excluding carboxylic acids is 1. The molecule has 0 aliphatic heterocycles. The van der Waals surface area contributed by atoms with E-state index in [1.807, 2.05) is 36.4 Å². The van der Waals surface area contributed by atoms with Crippen LogP contribution in [0.25, 0.3) is 0 Å². The van der Waals surface area contributed by atoms with E-state index in [2.05, 4.69) is 49.3 Å². The highest BCUT2D eigenvalue weighted by molar-refractivity contribution is 9.11. The van der Waals surface area contributed by atoms with Crippen molar-refractivity contribution in [3.05, 3.63) is 68.6 Å². The number of benzene rings is 2. The molecule has 1 atom stereocenters. The summed E-state index contributed by atoms with van der Waals surface area (Å²) in [5, 5.41) is 3.19. The molecule has 3 rings (SSSR count). The zero-order valence-electron chi connectivity index (χ0n) is 11.4. The predicted octanol–water partition coefficient (Wildman–Crippen LogP) is 5.09. The molecule has 2 aromatic carbocycles. The first-order chi connectivity index (χ1) is 10.1. The third kappa shape index (κ3) is 3.55. The first kappa shape index (κ1) is 14.8. The van der Waals surface area contributed by atoms with E-state index in [0.29, 0.717) is 11.5 Å². The van der Waals surface area contributed by atoms with Crippen LogP contribution >= 0.6 is 31.9 Å². The molecular formula is C17H15Br2NO. The summed E-state index contributed by atoms with van der Waals surface area (Å²) in [7, 11) is 0. The Hall–Kier alpha value is -1.13. The molecule has 0 radical (unpaired) electrons. The van der Waals surface area contributed by atoms with Crippen molar-refractivity contribution in [2.45, 2.75) is 18.9 Å². The van der Waals surface area contributed by atoms with Crippen LogP contribution in [0.1, 0.15) is 34.8 Å². The van der Waals surface area contributed by atoms with Crippen LogP contribution in [0.2, 0.25) is 0 Å². The van der Waals surface area contributed by atoms with E-state index in [9.17, 15) is 4.79 Å². The Kier molecular flexibility index (Phi) is 4.45.